The van der Waals surface area contributed by atoms with E-state index in [0.29, 0.717) is 22.6 Å². The van der Waals surface area contributed by atoms with Gasteiger partial charge in [-0.05, 0) is 68.3 Å². The molecule has 1 radical (unpaired) electrons. The fourth-order valence-electron chi connectivity index (χ4n) is 6.16. The first-order valence-corrected chi connectivity index (χ1v) is 21.8. The molecule has 8 aromatic rings. The Morgan fingerprint density at radius 2 is 1.42 bits per heavy atom. The van der Waals surface area contributed by atoms with Gasteiger partial charge in [0.05, 0.1) is 8.07 Å². The Bertz CT molecular complexity index is 2700. The van der Waals surface area contributed by atoms with E-state index in [1.54, 1.807) is 29.5 Å². The van der Waals surface area contributed by atoms with Crippen molar-refractivity contribution in [3.05, 3.63) is 163 Å². The maximum Gasteiger partial charge on any atom is 0.0795 e. The molecular weight excluding hydrogens is 857 g/mol. The number of rotatable bonds is 6. The van der Waals surface area contributed by atoms with Crippen LogP contribution in [0.25, 0.3) is 64.9 Å². The van der Waals surface area contributed by atoms with Gasteiger partial charge < -0.3 is 9.97 Å². The number of pyridine rings is 2. The van der Waals surface area contributed by atoms with Crippen LogP contribution in [0.3, 0.4) is 0 Å². The van der Waals surface area contributed by atoms with Crippen LogP contribution in [0.2, 0.25) is 19.6 Å². The van der Waals surface area contributed by atoms with E-state index in [4.69, 9.17) is 8.22 Å². The zero-order chi connectivity index (χ0) is 41.4. The summed E-state index contributed by atoms with van der Waals surface area (Å²) in [6.07, 6.45) is 3.81. The molecule has 0 spiro atoms. The predicted molar refractivity (Wildman–Crippen MR) is 227 cm³/mol. The van der Waals surface area contributed by atoms with Gasteiger partial charge in [-0.1, -0.05) is 147 Å². The van der Waals surface area contributed by atoms with Crippen molar-refractivity contribution in [2.75, 3.05) is 0 Å². The normalized spacial score (nSPS) is 13.5. The summed E-state index contributed by atoms with van der Waals surface area (Å²) in [5, 5.41) is 3.71. The zero-order valence-corrected chi connectivity index (χ0v) is 34.6. The first kappa shape index (κ1) is 30.9. The topological polar surface area (TPSA) is 25.8 Å². The molecule has 5 aromatic carbocycles. The first-order chi connectivity index (χ1) is 27.5. The molecule has 0 bridgehead atoms. The standard InChI is InChI=1S/C27H22NS.C21H22NSi.Ir/c1-17(2)20-12-13-28-25(15-20)22-9-11-26-24(14-22)23-10-8-21(16-27(23)29-26)19-6-4-18(3)5-7-19;1-16-10-11-18(14-20(16)17-8-6-5-7-9-17)21-13-12-19(15-22-21)23(2,3)4;/h4-8,10-17H,1-3H3;5-10,12-15H,1-4H3;/q2*-1;/i3D3;1D3;. The summed E-state index contributed by atoms with van der Waals surface area (Å²) in [4.78, 5) is 9.18. The van der Waals surface area contributed by atoms with Crippen LogP contribution in [0.5, 0.6) is 0 Å². The number of nitrogens with zero attached hydrogens (tertiary/aromatic N) is 2. The van der Waals surface area contributed by atoms with Gasteiger partial charge in [-0.25, -0.2) is 0 Å². The molecular formula is C48H44IrN2SSi-2. The van der Waals surface area contributed by atoms with Gasteiger partial charge in [0.2, 0.25) is 0 Å². The Kier molecular flexibility index (Phi) is 9.47. The number of aromatic nitrogens is 2. The van der Waals surface area contributed by atoms with Crippen molar-refractivity contribution >= 4 is 44.8 Å². The Hall–Kier alpha value is -4.51. The van der Waals surface area contributed by atoms with E-state index in [1.165, 1.54) is 30.9 Å². The number of aryl methyl sites for hydroxylation is 2. The molecule has 0 N–H and O–H groups in total. The molecule has 0 aliphatic heterocycles. The maximum atomic E-state index is 7.84. The van der Waals surface area contributed by atoms with Crippen molar-refractivity contribution < 1.29 is 28.3 Å². The van der Waals surface area contributed by atoms with Gasteiger partial charge in [0.25, 0.3) is 0 Å². The van der Waals surface area contributed by atoms with Crippen molar-refractivity contribution in [3.63, 3.8) is 0 Å². The largest absolute Gasteiger partial charge is 0.305 e. The molecule has 53 heavy (non-hydrogen) atoms. The second-order valence-corrected chi connectivity index (χ2v) is 20.5. The molecule has 0 aliphatic rings. The quantitative estimate of drug-likeness (QED) is 0.123. The minimum atomic E-state index is -2.19. The van der Waals surface area contributed by atoms with E-state index in [9.17, 15) is 0 Å². The fourth-order valence-corrected chi connectivity index (χ4v) is 8.30. The summed E-state index contributed by atoms with van der Waals surface area (Å²) in [7, 11) is -1.40. The minimum Gasteiger partial charge on any atom is -0.305 e. The average Bonchev–Trinajstić information content (AvgIpc) is 3.57. The van der Waals surface area contributed by atoms with Crippen molar-refractivity contribution in [1.82, 2.24) is 9.97 Å². The molecule has 0 saturated carbocycles. The van der Waals surface area contributed by atoms with Crippen LogP contribution < -0.4 is 5.19 Å². The van der Waals surface area contributed by atoms with Crippen LogP contribution in [0.1, 0.15) is 44.7 Å². The molecule has 0 aliphatic carbocycles. The first-order valence-electron chi connectivity index (χ1n) is 20.5. The van der Waals surface area contributed by atoms with Gasteiger partial charge in [0.15, 0.2) is 0 Å². The van der Waals surface area contributed by atoms with Crippen molar-refractivity contribution in [2.45, 2.75) is 53.1 Å². The number of thiophene rings is 1. The molecule has 5 heteroatoms. The van der Waals surface area contributed by atoms with Crippen molar-refractivity contribution in [3.8, 4) is 44.8 Å². The molecule has 2 nitrogen and oxygen atoms in total. The summed E-state index contributed by atoms with van der Waals surface area (Å²) < 4.78 is 48.6. The van der Waals surface area contributed by atoms with E-state index in [0.717, 1.165) is 39.2 Å². The van der Waals surface area contributed by atoms with Crippen LogP contribution in [-0.2, 0) is 20.1 Å². The zero-order valence-electron chi connectivity index (χ0n) is 36.4. The molecule has 0 fully saturated rings. The van der Waals surface area contributed by atoms with Gasteiger partial charge in [0, 0.05) is 45.4 Å². The monoisotopic (exact) mass is 907 g/mol. The maximum absolute atomic E-state index is 7.84. The van der Waals surface area contributed by atoms with Gasteiger partial charge in [0.1, 0.15) is 0 Å². The summed E-state index contributed by atoms with van der Waals surface area (Å²) in [6.45, 7) is 6.97. The number of fused-ring (bicyclic) bond motifs is 3. The van der Waals surface area contributed by atoms with Crippen LogP contribution in [-0.4, -0.2) is 18.0 Å². The Morgan fingerprint density at radius 1 is 0.660 bits per heavy atom. The predicted octanol–water partition coefficient (Wildman–Crippen LogP) is 13.1. The molecule has 3 aromatic heterocycles. The second kappa shape index (κ2) is 16.2. The third-order valence-electron chi connectivity index (χ3n) is 9.29. The second-order valence-electron chi connectivity index (χ2n) is 14.4. The smallest absolute Gasteiger partial charge is 0.0795 e. The van der Waals surface area contributed by atoms with Crippen molar-refractivity contribution in [2.24, 2.45) is 0 Å². The van der Waals surface area contributed by atoms with E-state index < -0.39 is 21.8 Å². The third kappa shape index (κ3) is 8.66. The molecule has 0 atom stereocenters. The Labute approximate surface area is 341 Å². The molecule has 0 unspecified atom stereocenters. The van der Waals surface area contributed by atoms with Crippen LogP contribution >= 0.6 is 11.3 Å². The summed E-state index contributed by atoms with van der Waals surface area (Å²) in [5.41, 5.74) is 9.19. The molecule has 267 valence electrons. The third-order valence-corrected chi connectivity index (χ3v) is 12.4. The van der Waals surface area contributed by atoms with Gasteiger partial charge >= 0.3 is 0 Å². The van der Waals surface area contributed by atoms with E-state index >= 15 is 0 Å². The van der Waals surface area contributed by atoms with E-state index in [1.807, 2.05) is 67.0 Å². The molecule has 8 rings (SSSR count). The van der Waals surface area contributed by atoms with E-state index in [-0.39, 0.29) is 20.1 Å². The number of hydrogen-bond acceptors (Lipinski definition) is 3. The van der Waals surface area contributed by atoms with Crippen molar-refractivity contribution in [1.29, 1.82) is 0 Å². The Balaban J connectivity index is 0.000000199. The molecule has 0 amide bonds. The van der Waals surface area contributed by atoms with Gasteiger partial charge in [-0.15, -0.1) is 53.1 Å². The average molecular weight is 907 g/mol. The summed E-state index contributed by atoms with van der Waals surface area (Å²) in [5.74, 6) is 0.453. The fraction of sp³-hybridized carbons (Fsp3) is 0.167. The summed E-state index contributed by atoms with van der Waals surface area (Å²) in [6, 6.07) is 45.8. The molecule has 0 saturated heterocycles. The Morgan fingerprint density at radius 3 is 2.11 bits per heavy atom. The SMILES string of the molecule is [2H]C([2H])([2H])c1c[c-]c(-c2ccc([Si](C)(C)C)cn2)cc1-c1ccccc1.[2H]C([2H])([2H])c1ccc(-c2ccc3c(c2)sc2c[c-]c(-c4cc(C(C)C)ccn4)cc23)cc1.[Ir]. The van der Waals surface area contributed by atoms with Crippen LogP contribution in [0.4, 0.5) is 0 Å². The van der Waals surface area contributed by atoms with Crippen LogP contribution in [0.15, 0.2) is 134 Å². The number of benzene rings is 5. The molecule has 3 heterocycles. The van der Waals surface area contributed by atoms with Crippen LogP contribution in [0, 0.1) is 25.8 Å². The van der Waals surface area contributed by atoms with E-state index in [2.05, 4.69) is 104 Å². The van der Waals surface area contributed by atoms with Gasteiger partial charge in [-0.3, -0.25) is 0 Å². The summed E-state index contributed by atoms with van der Waals surface area (Å²) >= 11 is 1.75. The van der Waals surface area contributed by atoms with Gasteiger partial charge in [-0.2, -0.15) is 11.3 Å². The number of hydrogen-bond donors (Lipinski definition) is 0. The minimum absolute atomic E-state index is 0.